The standard InChI is InChI=1S/C20H20N4O3S/c1-24(12-18(25)21-14-6-4-3-5-7-14)19(26)17-13-28-20(23-17)22-15-8-10-16(27-2)11-9-15/h3-11,13H,12H2,1-2H3,(H,21,25)(H,22,23). The van der Waals surface area contributed by atoms with Crippen LogP contribution < -0.4 is 15.4 Å². The Hall–Kier alpha value is -3.39. The second-order valence-electron chi connectivity index (χ2n) is 5.97. The summed E-state index contributed by atoms with van der Waals surface area (Å²) in [6.07, 6.45) is 0. The van der Waals surface area contributed by atoms with Gasteiger partial charge in [0.15, 0.2) is 5.13 Å². The molecule has 0 spiro atoms. The first-order chi connectivity index (χ1) is 13.5. The van der Waals surface area contributed by atoms with Gasteiger partial charge in [0, 0.05) is 23.8 Å². The van der Waals surface area contributed by atoms with Crippen molar-refractivity contribution in [3.05, 3.63) is 65.7 Å². The van der Waals surface area contributed by atoms with Crippen LogP contribution in [-0.2, 0) is 4.79 Å². The Morgan fingerprint density at radius 2 is 1.79 bits per heavy atom. The Morgan fingerprint density at radius 1 is 1.07 bits per heavy atom. The molecule has 3 rings (SSSR count). The fourth-order valence-corrected chi connectivity index (χ4v) is 3.14. The molecule has 0 radical (unpaired) electrons. The number of carbonyl (C=O) groups is 2. The van der Waals surface area contributed by atoms with Crippen molar-refractivity contribution in [2.45, 2.75) is 0 Å². The maximum absolute atomic E-state index is 12.5. The zero-order valence-electron chi connectivity index (χ0n) is 15.5. The molecule has 0 aliphatic carbocycles. The third-order valence-electron chi connectivity index (χ3n) is 3.85. The van der Waals surface area contributed by atoms with Crippen LogP contribution in [0.3, 0.4) is 0 Å². The van der Waals surface area contributed by atoms with Crippen molar-refractivity contribution in [3.63, 3.8) is 0 Å². The summed E-state index contributed by atoms with van der Waals surface area (Å²) in [4.78, 5) is 30.3. The predicted molar refractivity (Wildman–Crippen MR) is 110 cm³/mol. The fourth-order valence-electron chi connectivity index (χ4n) is 2.43. The molecule has 0 aliphatic heterocycles. The van der Waals surface area contributed by atoms with E-state index in [1.807, 2.05) is 42.5 Å². The molecule has 0 unspecified atom stereocenters. The van der Waals surface area contributed by atoms with Crippen molar-refractivity contribution in [2.24, 2.45) is 0 Å². The Labute approximate surface area is 167 Å². The maximum Gasteiger partial charge on any atom is 0.273 e. The van der Waals surface area contributed by atoms with Crippen molar-refractivity contribution in [1.82, 2.24) is 9.88 Å². The monoisotopic (exact) mass is 396 g/mol. The molecule has 0 saturated heterocycles. The number of hydrogen-bond donors (Lipinski definition) is 2. The van der Waals surface area contributed by atoms with Gasteiger partial charge in [-0.1, -0.05) is 18.2 Å². The summed E-state index contributed by atoms with van der Waals surface area (Å²) in [5.74, 6) is 0.173. The summed E-state index contributed by atoms with van der Waals surface area (Å²) < 4.78 is 5.13. The summed E-state index contributed by atoms with van der Waals surface area (Å²) in [7, 11) is 3.18. The second kappa shape index (κ2) is 9.01. The number of hydrogen-bond acceptors (Lipinski definition) is 6. The number of likely N-dealkylation sites (N-methyl/N-ethyl adjacent to an activating group) is 1. The lowest BCUT2D eigenvalue weighted by Gasteiger charge is -2.15. The summed E-state index contributed by atoms with van der Waals surface area (Å²) in [6, 6.07) is 16.5. The number of ether oxygens (including phenoxy) is 1. The molecule has 0 fully saturated rings. The number of anilines is 3. The fraction of sp³-hybridized carbons (Fsp3) is 0.150. The highest BCUT2D eigenvalue weighted by Crippen LogP contribution is 2.23. The van der Waals surface area contributed by atoms with Crippen LogP contribution in [0.5, 0.6) is 5.75 Å². The average Bonchev–Trinajstić information content (AvgIpc) is 3.17. The van der Waals surface area contributed by atoms with E-state index in [4.69, 9.17) is 4.74 Å². The lowest BCUT2D eigenvalue weighted by Crippen LogP contribution is -2.35. The number of rotatable bonds is 7. The molecular formula is C20H20N4O3S. The minimum atomic E-state index is -0.317. The van der Waals surface area contributed by atoms with Gasteiger partial charge in [0.25, 0.3) is 5.91 Å². The maximum atomic E-state index is 12.5. The number of thiazole rings is 1. The Kier molecular flexibility index (Phi) is 6.23. The Morgan fingerprint density at radius 3 is 2.46 bits per heavy atom. The highest BCUT2D eigenvalue weighted by molar-refractivity contribution is 7.14. The van der Waals surface area contributed by atoms with Gasteiger partial charge in [-0.3, -0.25) is 9.59 Å². The van der Waals surface area contributed by atoms with Gasteiger partial charge in [0.2, 0.25) is 5.91 Å². The van der Waals surface area contributed by atoms with Gasteiger partial charge in [0.05, 0.1) is 13.7 Å². The van der Waals surface area contributed by atoms with Crippen LogP contribution in [0.2, 0.25) is 0 Å². The lowest BCUT2D eigenvalue weighted by atomic mass is 10.3. The molecule has 0 saturated carbocycles. The molecule has 28 heavy (non-hydrogen) atoms. The largest absolute Gasteiger partial charge is 0.497 e. The molecule has 1 aromatic heterocycles. The minimum absolute atomic E-state index is 0.0630. The topological polar surface area (TPSA) is 83.6 Å². The van der Waals surface area contributed by atoms with Crippen molar-refractivity contribution in [1.29, 1.82) is 0 Å². The van der Waals surface area contributed by atoms with Crippen LogP contribution in [0.4, 0.5) is 16.5 Å². The van der Waals surface area contributed by atoms with E-state index in [1.54, 1.807) is 31.7 Å². The zero-order valence-corrected chi connectivity index (χ0v) is 16.3. The highest BCUT2D eigenvalue weighted by Gasteiger charge is 2.18. The van der Waals surface area contributed by atoms with E-state index in [9.17, 15) is 9.59 Å². The van der Waals surface area contributed by atoms with Crippen LogP contribution in [0.15, 0.2) is 60.0 Å². The van der Waals surface area contributed by atoms with E-state index >= 15 is 0 Å². The molecule has 8 heteroatoms. The number of methoxy groups -OCH3 is 1. The molecule has 1 heterocycles. The van der Waals surface area contributed by atoms with Gasteiger partial charge >= 0.3 is 0 Å². The van der Waals surface area contributed by atoms with Crippen molar-refractivity contribution >= 4 is 39.7 Å². The average molecular weight is 396 g/mol. The van der Waals surface area contributed by atoms with Crippen LogP contribution in [-0.4, -0.2) is 42.4 Å². The number of nitrogens with one attached hydrogen (secondary N) is 2. The molecule has 0 atom stereocenters. The predicted octanol–water partition coefficient (Wildman–Crippen LogP) is 3.61. The number of benzene rings is 2. The summed E-state index contributed by atoms with van der Waals surface area (Å²) in [6.45, 7) is -0.0630. The van der Waals surface area contributed by atoms with E-state index in [1.165, 1.54) is 16.2 Å². The zero-order chi connectivity index (χ0) is 19.9. The molecule has 0 aliphatic rings. The Balaban J connectivity index is 1.57. The van der Waals surface area contributed by atoms with Gasteiger partial charge in [-0.2, -0.15) is 0 Å². The van der Waals surface area contributed by atoms with E-state index < -0.39 is 0 Å². The van der Waals surface area contributed by atoms with Crippen LogP contribution in [0.25, 0.3) is 0 Å². The minimum Gasteiger partial charge on any atom is -0.497 e. The second-order valence-corrected chi connectivity index (χ2v) is 6.82. The van der Waals surface area contributed by atoms with Gasteiger partial charge in [-0.05, 0) is 36.4 Å². The van der Waals surface area contributed by atoms with E-state index in [0.29, 0.717) is 10.8 Å². The van der Waals surface area contributed by atoms with Crippen molar-refractivity contribution in [2.75, 3.05) is 31.3 Å². The number of amides is 2. The summed E-state index contributed by atoms with van der Waals surface area (Å²) in [5, 5.41) is 8.16. The van der Waals surface area contributed by atoms with Gasteiger partial charge in [0.1, 0.15) is 11.4 Å². The first-order valence-corrected chi connectivity index (χ1v) is 9.40. The number of aromatic nitrogens is 1. The first kappa shape index (κ1) is 19.4. The smallest absolute Gasteiger partial charge is 0.273 e. The van der Waals surface area contributed by atoms with Crippen LogP contribution in [0.1, 0.15) is 10.5 Å². The molecule has 2 aromatic carbocycles. The molecule has 144 valence electrons. The third-order valence-corrected chi connectivity index (χ3v) is 4.61. The molecule has 0 bridgehead atoms. The van der Waals surface area contributed by atoms with Crippen LogP contribution >= 0.6 is 11.3 Å². The van der Waals surface area contributed by atoms with Crippen molar-refractivity contribution in [3.8, 4) is 5.75 Å². The molecule has 3 aromatic rings. The molecule has 2 N–H and O–H groups in total. The van der Waals surface area contributed by atoms with E-state index in [0.717, 1.165) is 11.4 Å². The van der Waals surface area contributed by atoms with Gasteiger partial charge in [-0.25, -0.2) is 4.98 Å². The van der Waals surface area contributed by atoms with Crippen molar-refractivity contribution < 1.29 is 14.3 Å². The van der Waals surface area contributed by atoms with Crippen LogP contribution in [0, 0.1) is 0 Å². The van der Waals surface area contributed by atoms with Gasteiger partial charge in [-0.15, -0.1) is 11.3 Å². The van der Waals surface area contributed by atoms with Gasteiger partial charge < -0.3 is 20.3 Å². The summed E-state index contributed by atoms with van der Waals surface area (Å²) >= 11 is 1.32. The first-order valence-electron chi connectivity index (χ1n) is 8.52. The quantitative estimate of drug-likeness (QED) is 0.637. The normalized spacial score (nSPS) is 10.2. The molecule has 7 nitrogen and oxygen atoms in total. The number of nitrogens with zero attached hydrogens (tertiary/aromatic N) is 2. The third kappa shape index (κ3) is 5.08. The lowest BCUT2D eigenvalue weighted by molar-refractivity contribution is -0.116. The summed E-state index contributed by atoms with van der Waals surface area (Å²) in [5.41, 5.74) is 1.81. The number of para-hydroxylation sites is 1. The molecular weight excluding hydrogens is 376 g/mol. The Bertz CT molecular complexity index is 942. The van der Waals surface area contributed by atoms with E-state index in [-0.39, 0.29) is 24.1 Å². The SMILES string of the molecule is COc1ccc(Nc2nc(C(=O)N(C)CC(=O)Nc3ccccc3)cs2)cc1. The highest BCUT2D eigenvalue weighted by atomic mass is 32.1. The van der Waals surface area contributed by atoms with E-state index in [2.05, 4.69) is 15.6 Å². The number of carbonyl (C=O) groups excluding carboxylic acids is 2. The molecule has 2 amide bonds.